The molecule has 1 aliphatic rings. The SMILES string of the molecule is Cn1c(=O)oc2cc(CNC(=O)C3CCC(=O)N3)ccc21. The van der Waals surface area contributed by atoms with Gasteiger partial charge < -0.3 is 15.1 Å². The lowest BCUT2D eigenvalue weighted by Crippen LogP contribution is -2.41. The molecule has 110 valence electrons. The Morgan fingerprint density at radius 2 is 2.29 bits per heavy atom. The number of fused-ring (bicyclic) bond motifs is 1. The molecule has 21 heavy (non-hydrogen) atoms. The van der Waals surface area contributed by atoms with Crippen LogP contribution in [0.1, 0.15) is 18.4 Å². The second kappa shape index (κ2) is 5.08. The highest BCUT2D eigenvalue weighted by atomic mass is 16.4. The van der Waals surface area contributed by atoms with E-state index < -0.39 is 11.8 Å². The fraction of sp³-hybridized carbons (Fsp3) is 0.357. The summed E-state index contributed by atoms with van der Waals surface area (Å²) < 4.78 is 6.52. The van der Waals surface area contributed by atoms with Crippen LogP contribution in [0.15, 0.2) is 27.4 Å². The maximum absolute atomic E-state index is 11.9. The summed E-state index contributed by atoms with van der Waals surface area (Å²) in [5.41, 5.74) is 2.02. The summed E-state index contributed by atoms with van der Waals surface area (Å²) in [6.07, 6.45) is 0.913. The molecule has 2 heterocycles. The maximum atomic E-state index is 11.9. The van der Waals surface area contributed by atoms with E-state index in [2.05, 4.69) is 10.6 Å². The van der Waals surface area contributed by atoms with E-state index in [0.717, 1.165) is 5.56 Å². The van der Waals surface area contributed by atoms with E-state index in [4.69, 9.17) is 4.42 Å². The molecule has 1 saturated heterocycles. The number of nitrogens with zero attached hydrogens (tertiary/aromatic N) is 1. The van der Waals surface area contributed by atoms with Crippen LogP contribution in [0, 0.1) is 0 Å². The number of carbonyl (C=O) groups is 2. The third-order valence-electron chi connectivity index (χ3n) is 3.64. The second-order valence-corrected chi connectivity index (χ2v) is 5.11. The fourth-order valence-electron chi connectivity index (χ4n) is 2.41. The first-order valence-corrected chi connectivity index (χ1v) is 6.70. The topological polar surface area (TPSA) is 93.3 Å². The summed E-state index contributed by atoms with van der Waals surface area (Å²) in [5, 5.41) is 5.38. The van der Waals surface area contributed by atoms with Crippen molar-refractivity contribution < 1.29 is 14.0 Å². The molecule has 2 N–H and O–H groups in total. The van der Waals surface area contributed by atoms with Crippen LogP contribution in [0.2, 0.25) is 0 Å². The monoisotopic (exact) mass is 289 g/mol. The zero-order chi connectivity index (χ0) is 15.0. The number of aryl methyl sites for hydroxylation is 1. The Morgan fingerprint density at radius 1 is 1.48 bits per heavy atom. The molecule has 2 aromatic rings. The van der Waals surface area contributed by atoms with Gasteiger partial charge in [-0.05, 0) is 24.1 Å². The Kier molecular flexibility index (Phi) is 3.25. The summed E-state index contributed by atoms with van der Waals surface area (Å²) in [4.78, 5) is 34.4. The van der Waals surface area contributed by atoms with E-state index >= 15 is 0 Å². The number of nitrogens with one attached hydrogen (secondary N) is 2. The molecule has 0 spiro atoms. The number of hydrogen-bond donors (Lipinski definition) is 2. The van der Waals surface area contributed by atoms with Crippen LogP contribution in [0.25, 0.3) is 11.1 Å². The molecule has 0 bridgehead atoms. The third kappa shape index (κ3) is 2.54. The van der Waals surface area contributed by atoms with E-state index in [0.29, 0.717) is 30.5 Å². The zero-order valence-electron chi connectivity index (χ0n) is 11.5. The molecule has 1 aromatic carbocycles. The Bertz CT molecular complexity index is 774. The molecular weight excluding hydrogens is 274 g/mol. The van der Waals surface area contributed by atoms with Crippen molar-refractivity contribution in [2.24, 2.45) is 7.05 Å². The molecule has 2 amide bonds. The minimum Gasteiger partial charge on any atom is -0.408 e. The molecular formula is C14H15N3O4. The summed E-state index contributed by atoms with van der Waals surface area (Å²) in [6, 6.07) is 4.88. The molecule has 7 nitrogen and oxygen atoms in total. The first-order valence-electron chi connectivity index (χ1n) is 6.70. The minimum atomic E-state index is -0.448. The highest BCUT2D eigenvalue weighted by molar-refractivity contribution is 5.90. The summed E-state index contributed by atoms with van der Waals surface area (Å²) in [6.45, 7) is 0.319. The molecule has 3 rings (SSSR count). The summed E-state index contributed by atoms with van der Waals surface area (Å²) in [5.74, 6) is -0.710. The number of aromatic nitrogens is 1. The molecule has 1 unspecified atom stereocenters. The van der Waals surface area contributed by atoms with Crippen molar-refractivity contribution in [2.75, 3.05) is 0 Å². The van der Waals surface area contributed by atoms with Gasteiger partial charge in [-0.2, -0.15) is 0 Å². The Hall–Kier alpha value is -2.57. The zero-order valence-corrected chi connectivity index (χ0v) is 11.5. The Balaban J connectivity index is 1.69. The molecule has 1 aromatic heterocycles. The van der Waals surface area contributed by atoms with Crippen LogP contribution < -0.4 is 16.4 Å². The number of hydrogen-bond acceptors (Lipinski definition) is 4. The highest BCUT2D eigenvalue weighted by Crippen LogP contribution is 2.14. The maximum Gasteiger partial charge on any atom is 0.419 e. The molecule has 0 aliphatic carbocycles. The van der Waals surface area contributed by atoms with Crippen molar-refractivity contribution in [2.45, 2.75) is 25.4 Å². The minimum absolute atomic E-state index is 0.0948. The number of benzene rings is 1. The fourth-order valence-corrected chi connectivity index (χ4v) is 2.41. The number of oxazole rings is 1. The predicted octanol–water partition coefficient (Wildman–Crippen LogP) is 0.0263. The lowest BCUT2D eigenvalue weighted by atomic mass is 10.2. The first-order chi connectivity index (χ1) is 10.0. The van der Waals surface area contributed by atoms with E-state index in [1.54, 1.807) is 19.2 Å². The number of rotatable bonds is 3. The van der Waals surface area contributed by atoms with Crippen molar-refractivity contribution in [3.63, 3.8) is 0 Å². The number of carbonyl (C=O) groups excluding carboxylic acids is 2. The van der Waals surface area contributed by atoms with Crippen molar-refractivity contribution in [3.05, 3.63) is 34.3 Å². The van der Waals surface area contributed by atoms with E-state index in [-0.39, 0.29) is 11.8 Å². The number of amides is 2. The lowest BCUT2D eigenvalue weighted by Gasteiger charge is -2.10. The molecule has 1 aliphatic heterocycles. The molecule has 7 heteroatoms. The summed E-state index contributed by atoms with van der Waals surface area (Å²) >= 11 is 0. The first kappa shape index (κ1) is 13.4. The Labute approximate surface area is 119 Å². The van der Waals surface area contributed by atoms with E-state index in [1.807, 2.05) is 6.07 Å². The van der Waals surface area contributed by atoms with Gasteiger partial charge in [-0.1, -0.05) is 6.07 Å². The van der Waals surface area contributed by atoms with Gasteiger partial charge >= 0.3 is 5.76 Å². The van der Waals surface area contributed by atoms with Crippen LogP contribution >= 0.6 is 0 Å². The molecule has 0 saturated carbocycles. The standard InChI is InChI=1S/C14H15N3O4/c1-17-10-4-2-8(6-11(10)21-14(17)20)7-15-13(19)9-3-5-12(18)16-9/h2,4,6,9H,3,5,7H2,1H3,(H,15,19)(H,16,18). The van der Waals surface area contributed by atoms with Gasteiger partial charge in [-0.25, -0.2) is 4.79 Å². The van der Waals surface area contributed by atoms with Gasteiger partial charge in [0.15, 0.2) is 5.58 Å². The van der Waals surface area contributed by atoms with Gasteiger partial charge in [0.05, 0.1) is 5.52 Å². The van der Waals surface area contributed by atoms with E-state index in [9.17, 15) is 14.4 Å². The van der Waals surface area contributed by atoms with Gasteiger partial charge in [0.2, 0.25) is 11.8 Å². The van der Waals surface area contributed by atoms with Crippen LogP contribution in [-0.2, 0) is 23.2 Å². The Morgan fingerprint density at radius 3 is 3.00 bits per heavy atom. The van der Waals surface area contributed by atoms with Gasteiger partial charge in [-0.15, -0.1) is 0 Å². The molecule has 1 atom stereocenters. The smallest absolute Gasteiger partial charge is 0.408 e. The van der Waals surface area contributed by atoms with Crippen molar-refractivity contribution in [1.29, 1.82) is 0 Å². The normalized spacial score (nSPS) is 18.0. The van der Waals surface area contributed by atoms with E-state index in [1.165, 1.54) is 4.57 Å². The average molecular weight is 289 g/mol. The van der Waals surface area contributed by atoms with Crippen LogP contribution in [0.4, 0.5) is 0 Å². The van der Waals surface area contributed by atoms with Crippen molar-refractivity contribution in [1.82, 2.24) is 15.2 Å². The largest absolute Gasteiger partial charge is 0.419 e. The van der Waals surface area contributed by atoms with Crippen LogP contribution in [0.3, 0.4) is 0 Å². The van der Waals surface area contributed by atoms with Crippen LogP contribution in [-0.4, -0.2) is 22.4 Å². The average Bonchev–Trinajstić information content (AvgIpc) is 3.01. The van der Waals surface area contributed by atoms with Gasteiger partial charge in [0.25, 0.3) is 0 Å². The molecule has 0 radical (unpaired) electrons. The highest BCUT2D eigenvalue weighted by Gasteiger charge is 2.26. The van der Waals surface area contributed by atoms with Gasteiger partial charge in [0.1, 0.15) is 6.04 Å². The summed E-state index contributed by atoms with van der Waals surface area (Å²) in [7, 11) is 1.64. The predicted molar refractivity (Wildman–Crippen MR) is 74.5 cm³/mol. The van der Waals surface area contributed by atoms with Gasteiger partial charge in [0, 0.05) is 20.0 Å². The van der Waals surface area contributed by atoms with Crippen LogP contribution in [0.5, 0.6) is 0 Å². The lowest BCUT2D eigenvalue weighted by molar-refractivity contribution is -0.125. The second-order valence-electron chi connectivity index (χ2n) is 5.11. The quantitative estimate of drug-likeness (QED) is 0.833. The molecule has 1 fully saturated rings. The van der Waals surface area contributed by atoms with Crippen molar-refractivity contribution in [3.8, 4) is 0 Å². The third-order valence-corrected chi connectivity index (χ3v) is 3.64. The van der Waals surface area contributed by atoms with Gasteiger partial charge in [-0.3, -0.25) is 14.2 Å². The van der Waals surface area contributed by atoms with Crippen molar-refractivity contribution >= 4 is 22.9 Å².